The Kier molecular flexibility index (Phi) is 7.30. The Balaban J connectivity index is 0.00000137. The van der Waals surface area contributed by atoms with Crippen molar-refractivity contribution in [3.05, 3.63) is 0 Å². The lowest BCUT2D eigenvalue weighted by atomic mass is 9.78. The molecule has 0 N–H and O–H groups in total. The van der Waals surface area contributed by atoms with Gasteiger partial charge < -0.3 is 4.90 Å². The van der Waals surface area contributed by atoms with E-state index in [9.17, 15) is 13.2 Å². The maximum absolute atomic E-state index is 12.0. The maximum Gasteiger partial charge on any atom is 0.390 e. The minimum absolute atomic E-state index is 0.00345. The summed E-state index contributed by atoms with van der Waals surface area (Å²) in [5, 5.41) is 8.65. The molecule has 1 saturated heterocycles. The van der Waals surface area contributed by atoms with Crippen LogP contribution in [-0.2, 0) is 0 Å². The first-order chi connectivity index (χ1) is 8.35. The van der Waals surface area contributed by atoms with Crippen LogP contribution in [0.3, 0.4) is 0 Å². The molecular formula is C13H23F3N2. The van der Waals surface area contributed by atoms with E-state index < -0.39 is 12.6 Å². The van der Waals surface area contributed by atoms with E-state index in [1.54, 1.807) is 0 Å². The molecule has 0 unspecified atom stereocenters. The van der Waals surface area contributed by atoms with Crippen LogP contribution in [0.2, 0.25) is 0 Å². The van der Waals surface area contributed by atoms with Gasteiger partial charge in [0.1, 0.15) is 0 Å². The normalized spacial score (nSPS) is 19.6. The van der Waals surface area contributed by atoms with Gasteiger partial charge in [0.15, 0.2) is 0 Å². The number of likely N-dealkylation sites (tertiary alicyclic amines) is 1. The van der Waals surface area contributed by atoms with E-state index >= 15 is 0 Å². The number of hydrogen-bond donors (Lipinski definition) is 0. The highest BCUT2D eigenvalue weighted by molar-refractivity contribution is 4.89. The number of nitriles is 1. The predicted octanol–water partition coefficient (Wildman–Crippen LogP) is 3.98. The molecule has 0 aromatic rings. The SMILES string of the molecule is CC.CC1(CC#N)CCN(CCC(F)(F)F)CC1. The molecule has 5 heteroatoms. The third kappa shape index (κ3) is 6.85. The van der Waals surface area contributed by atoms with Gasteiger partial charge in [-0.15, -0.1) is 0 Å². The second-order valence-electron chi connectivity index (χ2n) is 4.85. The van der Waals surface area contributed by atoms with E-state index in [1.807, 2.05) is 25.7 Å². The van der Waals surface area contributed by atoms with Crippen LogP contribution in [0.5, 0.6) is 0 Å². The summed E-state index contributed by atoms with van der Waals surface area (Å²) in [6.45, 7) is 7.48. The van der Waals surface area contributed by atoms with Gasteiger partial charge in [-0.05, 0) is 31.3 Å². The Bertz CT molecular complexity index is 260. The fourth-order valence-electron chi connectivity index (χ4n) is 1.97. The second-order valence-corrected chi connectivity index (χ2v) is 4.85. The Morgan fingerprint density at radius 3 is 2.11 bits per heavy atom. The lowest BCUT2D eigenvalue weighted by Crippen LogP contribution is -2.40. The summed E-state index contributed by atoms with van der Waals surface area (Å²) in [5.41, 5.74) is 0.00345. The standard InChI is InChI=1S/C11H17F3N2.C2H6/c1-10(2-6-15)3-7-16(8-4-10)9-5-11(12,13)14;1-2/h2-5,7-9H2,1H3;1-2H3. The van der Waals surface area contributed by atoms with Gasteiger partial charge in [0.25, 0.3) is 0 Å². The molecule has 1 rings (SSSR count). The van der Waals surface area contributed by atoms with Crippen molar-refractivity contribution in [2.45, 2.75) is 52.6 Å². The largest absolute Gasteiger partial charge is 0.390 e. The van der Waals surface area contributed by atoms with E-state index in [4.69, 9.17) is 5.26 Å². The minimum Gasteiger partial charge on any atom is -0.303 e. The summed E-state index contributed by atoms with van der Waals surface area (Å²) in [5.74, 6) is 0. The molecule has 1 heterocycles. The van der Waals surface area contributed by atoms with Crippen LogP contribution in [0, 0.1) is 16.7 Å². The summed E-state index contributed by atoms with van der Waals surface area (Å²) in [6.07, 6.45) is -2.66. The van der Waals surface area contributed by atoms with Crippen LogP contribution in [0.25, 0.3) is 0 Å². The molecule has 18 heavy (non-hydrogen) atoms. The number of halogens is 3. The number of nitrogens with zero attached hydrogens (tertiary/aromatic N) is 2. The summed E-state index contributed by atoms with van der Waals surface area (Å²) in [7, 11) is 0. The molecule has 0 atom stereocenters. The Labute approximate surface area is 108 Å². The Morgan fingerprint density at radius 1 is 1.22 bits per heavy atom. The van der Waals surface area contributed by atoms with Gasteiger partial charge in [-0.2, -0.15) is 18.4 Å². The van der Waals surface area contributed by atoms with Crippen molar-refractivity contribution in [1.29, 1.82) is 5.26 Å². The van der Waals surface area contributed by atoms with Crippen LogP contribution in [-0.4, -0.2) is 30.7 Å². The quantitative estimate of drug-likeness (QED) is 0.771. The van der Waals surface area contributed by atoms with E-state index in [2.05, 4.69) is 6.07 Å². The van der Waals surface area contributed by atoms with Crippen molar-refractivity contribution in [3.8, 4) is 6.07 Å². The number of piperidine rings is 1. The molecule has 0 aromatic carbocycles. The fourth-order valence-corrected chi connectivity index (χ4v) is 1.97. The molecule has 0 spiro atoms. The summed E-state index contributed by atoms with van der Waals surface area (Å²) >= 11 is 0. The number of hydrogen-bond acceptors (Lipinski definition) is 2. The lowest BCUT2D eigenvalue weighted by molar-refractivity contribution is -0.139. The Hall–Kier alpha value is -0.760. The average molecular weight is 264 g/mol. The third-order valence-corrected chi connectivity index (χ3v) is 3.28. The molecule has 1 aliphatic rings. The van der Waals surface area contributed by atoms with Gasteiger partial charge >= 0.3 is 6.18 Å². The molecule has 2 nitrogen and oxygen atoms in total. The Morgan fingerprint density at radius 2 is 1.72 bits per heavy atom. The van der Waals surface area contributed by atoms with E-state index in [0.717, 1.165) is 12.8 Å². The fraction of sp³-hybridized carbons (Fsp3) is 0.923. The topological polar surface area (TPSA) is 27.0 Å². The first-order valence-corrected chi connectivity index (χ1v) is 6.51. The van der Waals surface area contributed by atoms with Crippen LogP contribution in [0.4, 0.5) is 13.2 Å². The smallest absolute Gasteiger partial charge is 0.303 e. The predicted molar refractivity (Wildman–Crippen MR) is 66.0 cm³/mol. The highest BCUT2D eigenvalue weighted by Crippen LogP contribution is 2.34. The molecule has 1 aliphatic heterocycles. The molecule has 0 saturated carbocycles. The van der Waals surface area contributed by atoms with Crippen molar-refractivity contribution in [2.75, 3.05) is 19.6 Å². The lowest BCUT2D eigenvalue weighted by Gasteiger charge is -2.38. The molecular weight excluding hydrogens is 241 g/mol. The van der Waals surface area contributed by atoms with Gasteiger partial charge in [0.2, 0.25) is 0 Å². The van der Waals surface area contributed by atoms with E-state index in [-0.39, 0.29) is 12.0 Å². The van der Waals surface area contributed by atoms with Gasteiger partial charge in [0.05, 0.1) is 12.5 Å². The monoisotopic (exact) mass is 264 g/mol. The summed E-state index contributed by atoms with van der Waals surface area (Å²) in [6, 6.07) is 2.15. The average Bonchev–Trinajstić information content (AvgIpc) is 2.30. The minimum atomic E-state index is -4.06. The zero-order valence-corrected chi connectivity index (χ0v) is 11.5. The van der Waals surface area contributed by atoms with Crippen LogP contribution >= 0.6 is 0 Å². The molecule has 1 fully saturated rings. The van der Waals surface area contributed by atoms with Gasteiger partial charge in [0, 0.05) is 13.0 Å². The molecule has 0 bridgehead atoms. The molecule has 0 aromatic heterocycles. The molecule has 0 radical (unpaired) electrons. The van der Waals surface area contributed by atoms with Crippen LogP contribution < -0.4 is 0 Å². The molecule has 0 amide bonds. The van der Waals surface area contributed by atoms with Crippen LogP contribution in [0.1, 0.15) is 46.5 Å². The van der Waals surface area contributed by atoms with Gasteiger partial charge in [-0.3, -0.25) is 0 Å². The third-order valence-electron chi connectivity index (χ3n) is 3.28. The van der Waals surface area contributed by atoms with Crippen molar-refractivity contribution >= 4 is 0 Å². The van der Waals surface area contributed by atoms with Gasteiger partial charge in [-0.25, -0.2) is 0 Å². The second kappa shape index (κ2) is 7.63. The molecule has 106 valence electrons. The van der Waals surface area contributed by atoms with Crippen molar-refractivity contribution < 1.29 is 13.2 Å². The van der Waals surface area contributed by atoms with Crippen molar-refractivity contribution in [1.82, 2.24) is 4.90 Å². The number of alkyl halides is 3. The van der Waals surface area contributed by atoms with E-state index in [1.165, 1.54) is 0 Å². The molecule has 0 aliphatic carbocycles. The first-order valence-electron chi connectivity index (χ1n) is 6.51. The zero-order chi connectivity index (χ0) is 14.2. The van der Waals surface area contributed by atoms with E-state index in [0.29, 0.717) is 19.5 Å². The maximum atomic E-state index is 12.0. The van der Waals surface area contributed by atoms with Crippen molar-refractivity contribution in [2.24, 2.45) is 5.41 Å². The van der Waals surface area contributed by atoms with Crippen molar-refractivity contribution in [3.63, 3.8) is 0 Å². The summed E-state index contributed by atoms with van der Waals surface area (Å²) in [4.78, 5) is 1.84. The number of rotatable bonds is 3. The highest BCUT2D eigenvalue weighted by Gasteiger charge is 2.32. The zero-order valence-electron chi connectivity index (χ0n) is 11.5. The first kappa shape index (κ1) is 17.2. The van der Waals surface area contributed by atoms with Crippen LogP contribution in [0.15, 0.2) is 0 Å². The summed E-state index contributed by atoms with van der Waals surface area (Å²) < 4.78 is 36.0. The van der Waals surface area contributed by atoms with Gasteiger partial charge in [-0.1, -0.05) is 20.8 Å². The highest BCUT2D eigenvalue weighted by atomic mass is 19.4.